The number of rotatable bonds is 4. The molecule has 1 heterocycles. The Morgan fingerprint density at radius 2 is 1.70 bits per heavy atom. The molecule has 0 aliphatic carbocycles. The zero-order valence-electron chi connectivity index (χ0n) is 13.3. The molecule has 23 heavy (non-hydrogen) atoms. The number of carbonyl (C=O) groups excluding carboxylic acids is 2. The Morgan fingerprint density at radius 1 is 1.04 bits per heavy atom. The molecule has 0 fully saturated rings. The number of hydrogen-bond donors (Lipinski definition) is 0. The number of anilines is 1. The number of benzene rings is 2. The first-order valence-corrected chi connectivity index (χ1v) is 7.61. The van der Waals surface area contributed by atoms with Crippen LogP contribution in [0, 0.1) is 0 Å². The van der Waals surface area contributed by atoms with Crippen molar-refractivity contribution in [1.29, 1.82) is 0 Å². The van der Waals surface area contributed by atoms with Gasteiger partial charge in [0.1, 0.15) is 13.2 Å². The molecule has 1 aliphatic heterocycles. The molecule has 0 saturated carbocycles. The summed E-state index contributed by atoms with van der Waals surface area (Å²) in [5.74, 6) is -0.481. The summed E-state index contributed by atoms with van der Waals surface area (Å²) < 4.78 is 5.29. The Balaban J connectivity index is 1.70. The standard InChI is InChI=1S/C19H19NO3/c1-19(2)15-10-6-7-11-16(15)20(18(19)22)12-17(21)23-13-14-8-4-3-5-9-14/h3-11H,12-13H2,1-2H3. The van der Waals surface area contributed by atoms with Crippen LogP contribution in [0.3, 0.4) is 0 Å². The van der Waals surface area contributed by atoms with E-state index >= 15 is 0 Å². The minimum atomic E-state index is -0.615. The second kappa shape index (κ2) is 5.88. The quantitative estimate of drug-likeness (QED) is 0.816. The Hall–Kier alpha value is -2.62. The number of nitrogens with zero attached hydrogens (tertiary/aromatic N) is 1. The summed E-state index contributed by atoms with van der Waals surface area (Å²) >= 11 is 0. The number of hydrogen-bond acceptors (Lipinski definition) is 3. The van der Waals surface area contributed by atoms with Gasteiger partial charge in [-0.2, -0.15) is 0 Å². The van der Waals surface area contributed by atoms with E-state index in [9.17, 15) is 9.59 Å². The van der Waals surface area contributed by atoms with E-state index in [2.05, 4.69) is 0 Å². The van der Waals surface area contributed by atoms with Crippen molar-refractivity contribution in [3.05, 3.63) is 65.7 Å². The van der Waals surface area contributed by atoms with E-state index in [4.69, 9.17) is 4.74 Å². The van der Waals surface area contributed by atoms with E-state index in [1.54, 1.807) is 0 Å². The minimum Gasteiger partial charge on any atom is -0.459 e. The van der Waals surface area contributed by atoms with Crippen LogP contribution in [0.2, 0.25) is 0 Å². The SMILES string of the molecule is CC1(C)C(=O)N(CC(=O)OCc2ccccc2)c2ccccc21. The average Bonchev–Trinajstić information content (AvgIpc) is 2.75. The van der Waals surface area contributed by atoms with Gasteiger partial charge >= 0.3 is 5.97 Å². The fourth-order valence-electron chi connectivity index (χ4n) is 2.87. The first-order valence-electron chi connectivity index (χ1n) is 7.61. The molecule has 4 heteroatoms. The van der Waals surface area contributed by atoms with Crippen molar-refractivity contribution in [1.82, 2.24) is 0 Å². The molecule has 0 atom stereocenters. The molecule has 2 aromatic rings. The lowest BCUT2D eigenvalue weighted by Crippen LogP contribution is -2.39. The first-order chi connectivity index (χ1) is 11.0. The van der Waals surface area contributed by atoms with Crippen molar-refractivity contribution in [2.75, 3.05) is 11.4 Å². The number of ether oxygens (including phenoxy) is 1. The van der Waals surface area contributed by atoms with Gasteiger partial charge in [-0.1, -0.05) is 48.5 Å². The Morgan fingerprint density at radius 3 is 2.43 bits per heavy atom. The monoisotopic (exact) mass is 309 g/mol. The van der Waals surface area contributed by atoms with Gasteiger partial charge in [0, 0.05) is 5.69 Å². The highest BCUT2D eigenvalue weighted by Crippen LogP contribution is 2.41. The van der Waals surface area contributed by atoms with E-state index in [-0.39, 0.29) is 19.1 Å². The smallest absolute Gasteiger partial charge is 0.326 e. The van der Waals surface area contributed by atoms with Gasteiger partial charge in [-0.05, 0) is 31.0 Å². The summed E-state index contributed by atoms with van der Waals surface area (Å²) in [6.07, 6.45) is 0. The average molecular weight is 309 g/mol. The predicted molar refractivity (Wildman–Crippen MR) is 88.1 cm³/mol. The molecule has 2 aromatic carbocycles. The summed E-state index contributed by atoms with van der Waals surface area (Å²) in [4.78, 5) is 26.3. The molecule has 0 unspecified atom stereocenters. The van der Waals surface area contributed by atoms with Crippen LogP contribution in [-0.4, -0.2) is 18.4 Å². The number of carbonyl (C=O) groups is 2. The topological polar surface area (TPSA) is 46.6 Å². The number of para-hydroxylation sites is 1. The molecule has 0 N–H and O–H groups in total. The second-order valence-corrected chi connectivity index (χ2v) is 6.18. The highest BCUT2D eigenvalue weighted by Gasteiger charge is 2.44. The fourth-order valence-corrected chi connectivity index (χ4v) is 2.87. The number of fused-ring (bicyclic) bond motifs is 1. The number of esters is 1. The summed E-state index contributed by atoms with van der Waals surface area (Å²) in [5.41, 5.74) is 2.05. The summed E-state index contributed by atoms with van der Waals surface area (Å²) in [5, 5.41) is 0. The van der Waals surface area contributed by atoms with Gasteiger partial charge in [-0.15, -0.1) is 0 Å². The molecule has 0 spiro atoms. The van der Waals surface area contributed by atoms with Crippen molar-refractivity contribution in [3.8, 4) is 0 Å². The third kappa shape index (κ3) is 2.84. The van der Waals surface area contributed by atoms with E-state index in [0.29, 0.717) is 0 Å². The van der Waals surface area contributed by atoms with E-state index < -0.39 is 11.4 Å². The molecule has 3 rings (SSSR count). The first kappa shape index (κ1) is 15.3. The summed E-state index contributed by atoms with van der Waals surface area (Å²) in [6.45, 7) is 3.91. The van der Waals surface area contributed by atoms with E-state index in [1.807, 2.05) is 68.4 Å². The van der Waals surface area contributed by atoms with Gasteiger partial charge in [0.05, 0.1) is 5.41 Å². The fraction of sp³-hybridized carbons (Fsp3) is 0.263. The van der Waals surface area contributed by atoms with Crippen molar-refractivity contribution in [2.45, 2.75) is 25.9 Å². The Labute approximate surface area is 135 Å². The van der Waals surface area contributed by atoms with Gasteiger partial charge in [-0.3, -0.25) is 9.59 Å². The lowest BCUT2D eigenvalue weighted by Gasteiger charge is -2.19. The van der Waals surface area contributed by atoms with Gasteiger partial charge in [-0.25, -0.2) is 0 Å². The van der Waals surface area contributed by atoms with Gasteiger partial charge in [0.15, 0.2) is 0 Å². The second-order valence-electron chi connectivity index (χ2n) is 6.18. The summed E-state index contributed by atoms with van der Waals surface area (Å²) in [6, 6.07) is 17.1. The van der Waals surface area contributed by atoms with E-state index in [0.717, 1.165) is 16.8 Å². The van der Waals surface area contributed by atoms with Crippen LogP contribution in [0.15, 0.2) is 54.6 Å². The van der Waals surface area contributed by atoms with Crippen molar-refractivity contribution < 1.29 is 14.3 Å². The van der Waals surface area contributed by atoms with Crippen LogP contribution in [0.4, 0.5) is 5.69 Å². The van der Waals surface area contributed by atoms with E-state index in [1.165, 1.54) is 4.90 Å². The molecule has 0 radical (unpaired) electrons. The summed E-state index contributed by atoms with van der Waals surface area (Å²) in [7, 11) is 0. The molecular formula is C19H19NO3. The molecule has 0 aromatic heterocycles. The molecule has 0 bridgehead atoms. The maximum absolute atomic E-state index is 12.6. The van der Waals surface area contributed by atoms with Gasteiger partial charge in [0.25, 0.3) is 0 Å². The predicted octanol–water partition coefficient (Wildman–Crippen LogP) is 3.05. The highest BCUT2D eigenvalue weighted by molar-refractivity contribution is 6.09. The van der Waals surface area contributed by atoms with Crippen LogP contribution in [0.25, 0.3) is 0 Å². The molecule has 4 nitrogen and oxygen atoms in total. The van der Waals surface area contributed by atoms with Crippen molar-refractivity contribution in [3.63, 3.8) is 0 Å². The van der Waals surface area contributed by atoms with Gasteiger partial charge < -0.3 is 9.64 Å². The molecule has 118 valence electrons. The third-order valence-corrected chi connectivity index (χ3v) is 4.18. The van der Waals surface area contributed by atoms with Crippen molar-refractivity contribution in [2.24, 2.45) is 0 Å². The maximum atomic E-state index is 12.6. The lowest BCUT2D eigenvalue weighted by molar-refractivity contribution is -0.144. The third-order valence-electron chi connectivity index (χ3n) is 4.18. The molecular weight excluding hydrogens is 290 g/mol. The van der Waals surface area contributed by atoms with Crippen LogP contribution in [0.5, 0.6) is 0 Å². The highest BCUT2D eigenvalue weighted by atomic mass is 16.5. The molecule has 1 aliphatic rings. The van der Waals surface area contributed by atoms with Gasteiger partial charge in [0.2, 0.25) is 5.91 Å². The normalized spacial score (nSPS) is 15.4. The lowest BCUT2D eigenvalue weighted by atomic mass is 9.86. The zero-order valence-corrected chi connectivity index (χ0v) is 13.3. The Bertz CT molecular complexity index is 737. The number of amides is 1. The van der Waals surface area contributed by atoms with Crippen molar-refractivity contribution >= 4 is 17.6 Å². The largest absolute Gasteiger partial charge is 0.459 e. The van der Waals surface area contributed by atoms with Crippen LogP contribution in [0.1, 0.15) is 25.0 Å². The molecule has 1 amide bonds. The zero-order chi connectivity index (χ0) is 16.4. The minimum absolute atomic E-state index is 0.0634. The van der Waals surface area contributed by atoms with Crippen LogP contribution < -0.4 is 4.90 Å². The maximum Gasteiger partial charge on any atom is 0.326 e. The molecule has 0 saturated heterocycles. The van der Waals surface area contributed by atoms with Crippen LogP contribution >= 0.6 is 0 Å². The Kier molecular flexibility index (Phi) is 3.90. The van der Waals surface area contributed by atoms with Crippen LogP contribution in [-0.2, 0) is 26.3 Å².